The number of pyridine rings is 1. The molecule has 1 amide bonds. The van der Waals surface area contributed by atoms with Gasteiger partial charge < -0.3 is 4.90 Å². The summed E-state index contributed by atoms with van der Waals surface area (Å²) in [5.74, 6) is -0.0863. The smallest absolute Gasteiger partial charge is 0.257 e. The Bertz CT molecular complexity index is 811. The van der Waals surface area contributed by atoms with Crippen LogP contribution in [0.5, 0.6) is 0 Å². The molecular formula is C18H16BrClN4O. The molecule has 1 aromatic heterocycles. The van der Waals surface area contributed by atoms with Gasteiger partial charge in [-0.1, -0.05) is 23.7 Å². The quantitative estimate of drug-likeness (QED) is 0.716. The van der Waals surface area contributed by atoms with Crippen molar-refractivity contribution in [2.75, 3.05) is 26.2 Å². The summed E-state index contributed by atoms with van der Waals surface area (Å²) in [5.41, 5.74) is 2.26. The summed E-state index contributed by atoms with van der Waals surface area (Å²) in [6.45, 7) is 3.71. The third-order valence-electron chi connectivity index (χ3n) is 4.18. The summed E-state index contributed by atoms with van der Waals surface area (Å²) in [6.07, 6.45) is 1.58. The van der Waals surface area contributed by atoms with Gasteiger partial charge in [0.05, 0.1) is 17.2 Å². The van der Waals surface area contributed by atoms with Crippen LogP contribution in [0.1, 0.15) is 21.5 Å². The van der Waals surface area contributed by atoms with Crippen molar-refractivity contribution in [3.8, 4) is 6.07 Å². The molecule has 2 aromatic rings. The Labute approximate surface area is 160 Å². The Kier molecular flexibility index (Phi) is 5.69. The first kappa shape index (κ1) is 17.9. The monoisotopic (exact) mass is 418 g/mol. The lowest BCUT2D eigenvalue weighted by Crippen LogP contribution is -2.48. The number of hydrogen-bond donors (Lipinski definition) is 0. The molecule has 1 fully saturated rings. The number of carbonyl (C=O) groups excluding carboxylic acids is 1. The van der Waals surface area contributed by atoms with Gasteiger partial charge >= 0.3 is 0 Å². The molecule has 1 saturated heterocycles. The molecule has 3 rings (SSSR count). The number of nitriles is 1. The second-order valence-electron chi connectivity index (χ2n) is 5.87. The van der Waals surface area contributed by atoms with Crippen LogP contribution in [-0.2, 0) is 6.54 Å². The molecule has 0 aliphatic carbocycles. The number of rotatable bonds is 3. The zero-order chi connectivity index (χ0) is 17.8. The molecule has 0 radical (unpaired) electrons. The van der Waals surface area contributed by atoms with Gasteiger partial charge in [0.15, 0.2) is 0 Å². The second kappa shape index (κ2) is 7.96. The highest BCUT2D eigenvalue weighted by Gasteiger charge is 2.24. The van der Waals surface area contributed by atoms with E-state index in [-0.39, 0.29) is 11.1 Å². The molecule has 0 saturated carbocycles. The number of benzene rings is 1. The molecule has 7 heteroatoms. The van der Waals surface area contributed by atoms with Gasteiger partial charge in [0, 0.05) is 43.4 Å². The maximum atomic E-state index is 12.6. The first-order valence-electron chi connectivity index (χ1n) is 7.88. The lowest BCUT2D eigenvalue weighted by atomic mass is 10.1. The van der Waals surface area contributed by atoms with Crippen molar-refractivity contribution in [3.05, 3.63) is 62.8 Å². The minimum Gasteiger partial charge on any atom is -0.336 e. The van der Waals surface area contributed by atoms with Crippen molar-refractivity contribution < 1.29 is 4.79 Å². The van der Waals surface area contributed by atoms with Crippen molar-refractivity contribution in [2.45, 2.75) is 6.54 Å². The average molecular weight is 420 g/mol. The van der Waals surface area contributed by atoms with Gasteiger partial charge in [-0.3, -0.25) is 9.69 Å². The molecule has 25 heavy (non-hydrogen) atoms. The summed E-state index contributed by atoms with van der Waals surface area (Å²) in [4.78, 5) is 20.8. The standard InChI is InChI=1S/C18H16BrClN4O/c19-15-9-16(17(20)22-11-15)18(25)24-7-5-23(6-8-24)12-14-3-1-13(10-21)2-4-14/h1-4,9,11H,5-8,12H2. The Morgan fingerprint density at radius 2 is 1.92 bits per heavy atom. The number of aromatic nitrogens is 1. The van der Waals surface area contributed by atoms with Crippen molar-refractivity contribution in [1.29, 1.82) is 5.26 Å². The van der Waals surface area contributed by atoms with E-state index in [9.17, 15) is 4.79 Å². The van der Waals surface area contributed by atoms with Gasteiger partial charge in [0.2, 0.25) is 0 Å². The molecule has 0 atom stereocenters. The highest BCUT2D eigenvalue weighted by atomic mass is 79.9. The minimum atomic E-state index is -0.0863. The summed E-state index contributed by atoms with van der Waals surface area (Å²) in [6, 6.07) is 11.4. The molecule has 0 spiro atoms. The van der Waals surface area contributed by atoms with E-state index in [2.05, 4.69) is 31.9 Å². The first-order chi connectivity index (χ1) is 12.1. The van der Waals surface area contributed by atoms with Gasteiger partial charge in [0.25, 0.3) is 5.91 Å². The van der Waals surface area contributed by atoms with E-state index in [0.29, 0.717) is 24.2 Å². The number of halogens is 2. The summed E-state index contributed by atoms with van der Waals surface area (Å²) in [7, 11) is 0. The van der Waals surface area contributed by atoms with Crippen LogP contribution >= 0.6 is 27.5 Å². The topological polar surface area (TPSA) is 60.2 Å². The molecule has 1 aromatic carbocycles. The number of amides is 1. The molecular weight excluding hydrogens is 404 g/mol. The second-order valence-corrected chi connectivity index (χ2v) is 7.14. The SMILES string of the molecule is N#Cc1ccc(CN2CCN(C(=O)c3cc(Br)cnc3Cl)CC2)cc1. The van der Waals surface area contributed by atoms with E-state index in [0.717, 1.165) is 29.7 Å². The predicted molar refractivity (Wildman–Crippen MR) is 99.3 cm³/mol. The number of nitrogens with zero attached hydrogens (tertiary/aromatic N) is 4. The van der Waals surface area contributed by atoms with Crippen LogP contribution in [0.4, 0.5) is 0 Å². The molecule has 1 aliphatic rings. The van der Waals surface area contributed by atoms with E-state index in [1.54, 1.807) is 12.3 Å². The number of carbonyl (C=O) groups is 1. The molecule has 0 bridgehead atoms. The van der Waals surface area contributed by atoms with Gasteiger partial charge in [-0.25, -0.2) is 4.98 Å². The molecule has 1 aliphatic heterocycles. The van der Waals surface area contributed by atoms with E-state index in [4.69, 9.17) is 16.9 Å². The summed E-state index contributed by atoms with van der Waals surface area (Å²) < 4.78 is 0.736. The van der Waals surface area contributed by atoms with Crippen LogP contribution in [-0.4, -0.2) is 46.9 Å². The van der Waals surface area contributed by atoms with Crippen molar-refractivity contribution in [3.63, 3.8) is 0 Å². The third-order valence-corrected chi connectivity index (χ3v) is 4.92. The lowest BCUT2D eigenvalue weighted by Gasteiger charge is -2.34. The Morgan fingerprint density at radius 1 is 1.24 bits per heavy atom. The maximum absolute atomic E-state index is 12.6. The fourth-order valence-electron chi connectivity index (χ4n) is 2.79. The fourth-order valence-corrected chi connectivity index (χ4v) is 3.31. The average Bonchev–Trinajstić information content (AvgIpc) is 2.64. The van der Waals surface area contributed by atoms with E-state index >= 15 is 0 Å². The molecule has 5 nitrogen and oxygen atoms in total. The lowest BCUT2D eigenvalue weighted by molar-refractivity contribution is 0.0628. The van der Waals surface area contributed by atoms with E-state index in [1.807, 2.05) is 29.2 Å². The van der Waals surface area contributed by atoms with E-state index in [1.165, 1.54) is 0 Å². The highest BCUT2D eigenvalue weighted by molar-refractivity contribution is 9.10. The van der Waals surface area contributed by atoms with Crippen molar-refractivity contribution in [2.24, 2.45) is 0 Å². The van der Waals surface area contributed by atoms with Gasteiger partial charge in [-0.2, -0.15) is 5.26 Å². The normalized spacial score (nSPS) is 15.0. The first-order valence-corrected chi connectivity index (χ1v) is 9.05. The zero-order valence-corrected chi connectivity index (χ0v) is 15.8. The molecule has 2 heterocycles. The van der Waals surface area contributed by atoms with Crippen LogP contribution in [0.2, 0.25) is 5.15 Å². The number of hydrogen-bond acceptors (Lipinski definition) is 4. The minimum absolute atomic E-state index is 0.0863. The van der Waals surface area contributed by atoms with Crippen LogP contribution in [0.25, 0.3) is 0 Å². The Balaban J connectivity index is 1.58. The predicted octanol–water partition coefficient (Wildman–Crippen LogP) is 3.33. The number of piperazine rings is 1. The van der Waals surface area contributed by atoms with Crippen molar-refractivity contribution >= 4 is 33.4 Å². The third kappa shape index (κ3) is 4.37. The largest absolute Gasteiger partial charge is 0.336 e. The van der Waals surface area contributed by atoms with Crippen LogP contribution in [0.3, 0.4) is 0 Å². The Hall–Kier alpha value is -1.94. The molecule has 0 N–H and O–H groups in total. The van der Waals surface area contributed by atoms with Crippen LogP contribution in [0.15, 0.2) is 41.0 Å². The van der Waals surface area contributed by atoms with Gasteiger partial charge in [-0.15, -0.1) is 0 Å². The molecule has 128 valence electrons. The maximum Gasteiger partial charge on any atom is 0.257 e. The summed E-state index contributed by atoms with van der Waals surface area (Å²) in [5, 5.41) is 9.08. The van der Waals surface area contributed by atoms with Crippen LogP contribution in [0, 0.1) is 11.3 Å². The Morgan fingerprint density at radius 3 is 2.56 bits per heavy atom. The van der Waals surface area contributed by atoms with E-state index < -0.39 is 0 Å². The zero-order valence-electron chi connectivity index (χ0n) is 13.5. The summed E-state index contributed by atoms with van der Waals surface area (Å²) >= 11 is 9.38. The van der Waals surface area contributed by atoms with Crippen molar-refractivity contribution in [1.82, 2.24) is 14.8 Å². The van der Waals surface area contributed by atoms with Crippen LogP contribution < -0.4 is 0 Å². The van der Waals surface area contributed by atoms with Gasteiger partial charge in [-0.05, 0) is 39.7 Å². The van der Waals surface area contributed by atoms with Gasteiger partial charge in [0.1, 0.15) is 5.15 Å². The molecule has 0 unspecified atom stereocenters. The highest BCUT2D eigenvalue weighted by Crippen LogP contribution is 2.20. The fraction of sp³-hybridized carbons (Fsp3) is 0.278.